The van der Waals surface area contributed by atoms with Crippen LogP contribution in [0.4, 0.5) is 10.6 Å². The Kier molecular flexibility index (Phi) is 5.08. The Labute approximate surface area is 192 Å². The SMILES string of the molecule is O=C1CCc2c(Oc3ccc4c(c3)C3C(NC(=O)NC5CCCCCC5)C3O4)ccnc2N1. The predicted octanol–water partition coefficient (Wildman–Crippen LogP) is 4.01. The Morgan fingerprint density at radius 2 is 1.94 bits per heavy atom. The lowest BCUT2D eigenvalue weighted by Gasteiger charge is -2.19. The van der Waals surface area contributed by atoms with E-state index in [1.807, 2.05) is 24.3 Å². The Bertz CT molecular complexity index is 1100. The third kappa shape index (κ3) is 3.98. The lowest BCUT2D eigenvalue weighted by molar-refractivity contribution is -0.116. The van der Waals surface area contributed by atoms with E-state index in [1.54, 1.807) is 6.20 Å². The summed E-state index contributed by atoms with van der Waals surface area (Å²) in [6, 6.07) is 7.80. The number of nitrogens with one attached hydrogen (secondary N) is 3. The first kappa shape index (κ1) is 20.3. The minimum atomic E-state index is -0.0932. The predicted molar refractivity (Wildman–Crippen MR) is 122 cm³/mol. The molecule has 4 aliphatic rings. The molecule has 2 aliphatic carbocycles. The van der Waals surface area contributed by atoms with Crippen LogP contribution in [0.2, 0.25) is 0 Å². The van der Waals surface area contributed by atoms with Gasteiger partial charge in [0.05, 0.1) is 12.0 Å². The summed E-state index contributed by atoms with van der Waals surface area (Å²) < 4.78 is 12.2. The number of carbonyl (C=O) groups is 2. The molecule has 8 nitrogen and oxygen atoms in total. The highest BCUT2D eigenvalue weighted by molar-refractivity contribution is 5.93. The highest BCUT2D eigenvalue weighted by Crippen LogP contribution is 2.54. The topological polar surface area (TPSA) is 102 Å². The number of anilines is 1. The maximum atomic E-state index is 12.5. The molecule has 8 heteroatoms. The summed E-state index contributed by atoms with van der Waals surface area (Å²) >= 11 is 0. The van der Waals surface area contributed by atoms with Gasteiger partial charge >= 0.3 is 6.03 Å². The molecule has 0 spiro atoms. The molecule has 2 saturated carbocycles. The molecular formula is C25H28N4O4. The number of ether oxygens (including phenoxy) is 2. The van der Waals surface area contributed by atoms with E-state index < -0.39 is 0 Å². The van der Waals surface area contributed by atoms with Crippen molar-refractivity contribution in [2.45, 2.75) is 75.5 Å². The quantitative estimate of drug-likeness (QED) is 0.614. The molecule has 2 aliphatic heterocycles. The number of hydrogen-bond donors (Lipinski definition) is 3. The van der Waals surface area contributed by atoms with Crippen LogP contribution in [-0.4, -0.2) is 35.1 Å². The van der Waals surface area contributed by atoms with Crippen LogP contribution in [0.5, 0.6) is 17.2 Å². The zero-order valence-corrected chi connectivity index (χ0v) is 18.4. The molecular weight excluding hydrogens is 420 g/mol. The van der Waals surface area contributed by atoms with E-state index in [1.165, 1.54) is 25.7 Å². The van der Waals surface area contributed by atoms with Gasteiger partial charge in [-0.15, -0.1) is 0 Å². The second-order valence-corrected chi connectivity index (χ2v) is 9.43. The number of fused-ring (bicyclic) bond motifs is 4. The van der Waals surface area contributed by atoms with Gasteiger partial charge in [-0.2, -0.15) is 0 Å². The lowest BCUT2D eigenvalue weighted by atomic mass is 10.1. The van der Waals surface area contributed by atoms with Crippen LogP contribution in [0.3, 0.4) is 0 Å². The first-order chi connectivity index (χ1) is 16.2. The summed E-state index contributed by atoms with van der Waals surface area (Å²) in [5.74, 6) is 2.95. The van der Waals surface area contributed by atoms with Gasteiger partial charge < -0.3 is 25.4 Å². The van der Waals surface area contributed by atoms with Gasteiger partial charge in [0.15, 0.2) is 0 Å². The van der Waals surface area contributed by atoms with Gasteiger partial charge in [-0.05, 0) is 43.5 Å². The molecule has 172 valence electrons. The smallest absolute Gasteiger partial charge is 0.315 e. The number of amides is 3. The minimum Gasteiger partial charge on any atom is -0.487 e. The van der Waals surface area contributed by atoms with E-state index in [4.69, 9.17) is 9.47 Å². The van der Waals surface area contributed by atoms with Crippen LogP contribution < -0.4 is 25.4 Å². The first-order valence-corrected chi connectivity index (χ1v) is 12.0. The fourth-order valence-electron chi connectivity index (χ4n) is 5.36. The number of rotatable bonds is 4. The van der Waals surface area contributed by atoms with E-state index in [2.05, 4.69) is 20.9 Å². The summed E-state index contributed by atoms with van der Waals surface area (Å²) in [7, 11) is 0. The van der Waals surface area contributed by atoms with E-state index in [9.17, 15) is 9.59 Å². The highest BCUT2D eigenvalue weighted by atomic mass is 16.5. The average molecular weight is 449 g/mol. The standard InChI is InChI=1S/C25H28N4O4/c30-20-10-8-16-19(11-12-26-24(16)28-20)32-15-7-9-18-17(13-15)21-22(23(21)33-18)29-25(31)27-14-5-3-1-2-4-6-14/h7,9,11-14,21-23H,1-6,8,10H2,(H,26,28,30)(H2,27,29,31). The van der Waals surface area contributed by atoms with Crippen LogP contribution in [0.15, 0.2) is 30.5 Å². The third-order valence-electron chi connectivity index (χ3n) is 7.15. The molecule has 1 aromatic heterocycles. The van der Waals surface area contributed by atoms with Gasteiger partial charge in [-0.25, -0.2) is 9.78 Å². The van der Waals surface area contributed by atoms with Crippen LogP contribution in [-0.2, 0) is 11.2 Å². The van der Waals surface area contributed by atoms with Crippen molar-refractivity contribution in [3.8, 4) is 17.2 Å². The molecule has 3 heterocycles. The van der Waals surface area contributed by atoms with Crippen molar-refractivity contribution in [1.82, 2.24) is 15.6 Å². The summed E-state index contributed by atoms with van der Waals surface area (Å²) in [5.41, 5.74) is 1.97. The van der Waals surface area contributed by atoms with Crippen LogP contribution in [0.25, 0.3) is 0 Å². The van der Waals surface area contributed by atoms with Crippen molar-refractivity contribution in [2.24, 2.45) is 0 Å². The van der Waals surface area contributed by atoms with E-state index >= 15 is 0 Å². The largest absolute Gasteiger partial charge is 0.487 e. The van der Waals surface area contributed by atoms with Crippen molar-refractivity contribution >= 4 is 17.8 Å². The van der Waals surface area contributed by atoms with Crippen LogP contribution in [0, 0.1) is 0 Å². The Morgan fingerprint density at radius 3 is 2.79 bits per heavy atom. The van der Waals surface area contributed by atoms with Crippen molar-refractivity contribution in [3.05, 3.63) is 41.6 Å². The van der Waals surface area contributed by atoms with Gasteiger partial charge in [-0.1, -0.05) is 25.7 Å². The summed E-state index contributed by atoms with van der Waals surface area (Å²) in [6.07, 6.45) is 9.67. The highest BCUT2D eigenvalue weighted by Gasteiger charge is 2.59. The molecule has 0 bridgehead atoms. The zero-order chi connectivity index (χ0) is 22.4. The fourth-order valence-corrected chi connectivity index (χ4v) is 5.36. The second-order valence-electron chi connectivity index (χ2n) is 9.43. The van der Waals surface area contributed by atoms with E-state index in [-0.39, 0.29) is 36.0 Å². The van der Waals surface area contributed by atoms with Crippen LogP contribution >= 0.6 is 0 Å². The molecule has 3 atom stereocenters. The minimum absolute atomic E-state index is 0.0116. The number of nitrogens with zero attached hydrogens (tertiary/aromatic N) is 1. The Morgan fingerprint density at radius 1 is 1.09 bits per heavy atom. The summed E-state index contributed by atoms with van der Waals surface area (Å²) in [6.45, 7) is 0. The number of benzene rings is 1. The summed E-state index contributed by atoms with van der Waals surface area (Å²) in [5, 5.41) is 9.07. The lowest BCUT2D eigenvalue weighted by Crippen LogP contribution is -2.44. The van der Waals surface area contributed by atoms with Gasteiger partial charge in [0.25, 0.3) is 0 Å². The van der Waals surface area contributed by atoms with Gasteiger partial charge in [-0.3, -0.25) is 4.79 Å². The fraction of sp³-hybridized carbons (Fsp3) is 0.480. The number of urea groups is 1. The van der Waals surface area contributed by atoms with Crippen molar-refractivity contribution < 1.29 is 19.1 Å². The second kappa shape index (κ2) is 8.24. The van der Waals surface area contributed by atoms with E-state index in [0.717, 1.165) is 29.7 Å². The Hall–Kier alpha value is -3.29. The average Bonchev–Trinajstić information content (AvgIpc) is 3.42. The zero-order valence-electron chi connectivity index (χ0n) is 18.4. The number of hydrogen-bond acceptors (Lipinski definition) is 5. The van der Waals surface area contributed by atoms with Crippen molar-refractivity contribution in [2.75, 3.05) is 5.32 Å². The normalized spacial score (nSPS) is 25.5. The van der Waals surface area contributed by atoms with Gasteiger partial charge in [0, 0.05) is 29.8 Å². The number of aromatic nitrogens is 1. The molecule has 3 unspecified atom stereocenters. The third-order valence-corrected chi connectivity index (χ3v) is 7.15. The van der Waals surface area contributed by atoms with Crippen molar-refractivity contribution in [3.63, 3.8) is 0 Å². The number of carbonyl (C=O) groups excluding carboxylic acids is 2. The maximum Gasteiger partial charge on any atom is 0.315 e. The van der Waals surface area contributed by atoms with Gasteiger partial charge in [0.2, 0.25) is 5.91 Å². The molecule has 0 saturated heterocycles. The molecule has 33 heavy (non-hydrogen) atoms. The first-order valence-electron chi connectivity index (χ1n) is 12.0. The van der Waals surface area contributed by atoms with Gasteiger partial charge in [0.1, 0.15) is 29.2 Å². The molecule has 6 rings (SSSR count). The van der Waals surface area contributed by atoms with E-state index in [0.29, 0.717) is 30.2 Å². The number of pyridine rings is 1. The molecule has 3 amide bonds. The summed E-state index contributed by atoms with van der Waals surface area (Å²) in [4.78, 5) is 28.5. The Balaban J connectivity index is 1.12. The molecule has 2 aromatic rings. The molecule has 2 fully saturated rings. The molecule has 0 radical (unpaired) electrons. The maximum absolute atomic E-state index is 12.5. The van der Waals surface area contributed by atoms with Crippen molar-refractivity contribution in [1.29, 1.82) is 0 Å². The molecule has 3 N–H and O–H groups in total. The van der Waals surface area contributed by atoms with Crippen LogP contribution in [0.1, 0.15) is 62.0 Å². The molecule has 1 aromatic carbocycles. The monoisotopic (exact) mass is 448 g/mol.